The normalized spacial score (nSPS) is 12.2. The van der Waals surface area contributed by atoms with Crippen molar-refractivity contribution in [1.82, 2.24) is 4.57 Å². The number of fused-ring (bicyclic) bond motifs is 7. The maximum Gasteiger partial charge on any atom is 0.263 e. The zero-order valence-corrected chi connectivity index (χ0v) is 14.5. The lowest BCUT2D eigenvalue weighted by Gasteiger charge is -1.88. The Morgan fingerprint density at radius 2 is 1.23 bits per heavy atom. The SMILES string of the molecule is Cn1c(=O)c2c3sccc3sc2c2sc3ccsc3c2c1=O. The molecule has 5 aromatic heterocycles. The number of hydrogen-bond acceptors (Lipinski definition) is 6. The van der Waals surface area contributed by atoms with E-state index in [1.807, 2.05) is 22.9 Å². The predicted molar refractivity (Wildman–Crippen MR) is 99.5 cm³/mol. The van der Waals surface area contributed by atoms with Crippen molar-refractivity contribution in [2.75, 3.05) is 0 Å². The van der Waals surface area contributed by atoms with Crippen LogP contribution in [0.4, 0.5) is 0 Å². The fraction of sp³-hybridized carbons (Fsp3) is 0.0667. The van der Waals surface area contributed by atoms with Crippen LogP contribution in [0.5, 0.6) is 0 Å². The quantitative estimate of drug-likeness (QED) is 0.404. The first-order valence-electron chi connectivity index (χ1n) is 6.49. The largest absolute Gasteiger partial charge is 0.277 e. The Morgan fingerprint density at radius 3 is 1.68 bits per heavy atom. The molecule has 108 valence electrons. The van der Waals surface area contributed by atoms with Gasteiger partial charge in [0.15, 0.2) is 0 Å². The number of hydrogen-bond donors (Lipinski definition) is 0. The van der Waals surface area contributed by atoms with Crippen LogP contribution in [0.15, 0.2) is 32.5 Å². The third kappa shape index (κ3) is 1.44. The number of nitrogens with zero attached hydrogens (tertiary/aromatic N) is 1. The van der Waals surface area contributed by atoms with E-state index in [0.717, 1.165) is 28.2 Å². The zero-order valence-electron chi connectivity index (χ0n) is 11.2. The lowest BCUT2D eigenvalue weighted by Crippen LogP contribution is -2.26. The second kappa shape index (κ2) is 4.26. The van der Waals surface area contributed by atoms with Gasteiger partial charge >= 0.3 is 0 Å². The summed E-state index contributed by atoms with van der Waals surface area (Å²) in [6.07, 6.45) is 0. The fourth-order valence-corrected chi connectivity index (χ4v) is 7.61. The summed E-state index contributed by atoms with van der Waals surface area (Å²) in [4.78, 5) is 25.6. The third-order valence-corrected chi connectivity index (χ3v) is 8.43. The summed E-state index contributed by atoms with van der Waals surface area (Å²) >= 11 is 6.36. The second-order valence-corrected chi connectivity index (χ2v) is 8.95. The molecule has 0 atom stereocenters. The van der Waals surface area contributed by atoms with Crippen LogP contribution in [0.2, 0.25) is 0 Å². The molecule has 0 spiro atoms. The van der Waals surface area contributed by atoms with Gasteiger partial charge in [0.25, 0.3) is 11.1 Å². The van der Waals surface area contributed by atoms with Crippen LogP contribution < -0.4 is 11.1 Å². The third-order valence-electron chi connectivity index (χ3n) is 3.83. The van der Waals surface area contributed by atoms with Crippen molar-refractivity contribution in [3.8, 4) is 0 Å². The topological polar surface area (TPSA) is 39.1 Å². The molecule has 0 unspecified atom stereocenters. The van der Waals surface area contributed by atoms with E-state index in [1.165, 1.54) is 4.57 Å². The molecule has 22 heavy (non-hydrogen) atoms. The van der Waals surface area contributed by atoms with Crippen LogP contribution >= 0.6 is 45.3 Å². The summed E-state index contributed by atoms with van der Waals surface area (Å²) in [5.74, 6) is 0. The molecule has 0 radical (unpaired) electrons. The molecule has 0 saturated carbocycles. The summed E-state index contributed by atoms with van der Waals surface area (Å²) in [6, 6.07) is 4.09. The Morgan fingerprint density at radius 1 is 0.773 bits per heavy atom. The van der Waals surface area contributed by atoms with Gasteiger partial charge in [-0.1, -0.05) is 0 Å². The van der Waals surface area contributed by atoms with Gasteiger partial charge in [0.2, 0.25) is 0 Å². The highest BCUT2D eigenvalue weighted by atomic mass is 32.1. The van der Waals surface area contributed by atoms with E-state index in [0.29, 0.717) is 10.8 Å². The number of thiophene rings is 4. The Balaban J connectivity index is 2.30. The minimum absolute atomic E-state index is 0.193. The lowest BCUT2D eigenvalue weighted by molar-refractivity contribution is 0.847. The van der Waals surface area contributed by atoms with Crippen LogP contribution in [0.3, 0.4) is 0 Å². The van der Waals surface area contributed by atoms with Crippen molar-refractivity contribution in [3.05, 3.63) is 43.6 Å². The van der Waals surface area contributed by atoms with E-state index in [1.54, 1.807) is 52.4 Å². The average molecular weight is 361 g/mol. The first-order valence-corrected chi connectivity index (χ1v) is 9.89. The molecular weight excluding hydrogens is 354 g/mol. The Kier molecular flexibility index (Phi) is 2.51. The van der Waals surface area contributed by atoms with E-state index in [-0.39, 0.29) is 11.1 Å². The Labute approximate surface area is 139 Å². The minimum atomic E-state index is -0.193. The molecule has 0 aliphatic carbocycles. The van der Waals surface area contributed by atoms with Crippen molar-refractivity contribution in [2.45, 2.75) is 0 Å². The highest BCUT2D eigenvalue weighted by molar-refractivity contribution is 7.38. The van der Waals surface area contributed by atoms with Crippen LogP contribution in [-0.2, 0) is 7.05 Å². The first-order chi connectivity index (χ1) is 10.7. The van der Waals surface area contributed by atoms with Crippen molar-refractivity contribution >= 4 is 84.3 Å². The molecule has 0 fully saturated rings. The van der Waals surface area contributed by atoms with Crippen LogP contribution in [0.25, 0.3) is 39.0 Å². The van der Waals surface area contributed by atoms with Crippen molar-refractivity contribution in [2.24, 2.45) is 7.05 Å². The van der Waals surface area contributed by atoms with Crippen LogP contribution in [0.1, 0.15) is 0 Å². The average Bonchev–Trinajstić information content (AvgIpc) is 3.20. The van der Waals surface area contributed by atoms with Gasteiger partial charge in [-0.2, -0.15) is 0 Å². The smallest absolute Gasteiger partial charge is 0.263 e. The lowest BCUT2D eigenvalue weighted by atomic mass is 10.3. The van der Waals surface area contributed by atoms with Gasteiger partial charge in [-0.15, -0.1) is 45.3 Å². The van der Waals surface area contributed by atoms with Gasteiger partial charge in [0.1, 0.15) is 0 Å². The molecule has 0 bridgehead atoms. The molecule has 0 amide bonds. The van der Waals surface area contributed by atoms with E-state index in [9.17, 15) is 9.59 Å². The first kappa shape index (κ1) is 13.0. The van der Waals surface area contributed by atoms with E-state index < -0.39 is 0 Å². The van der Waals surface area contributed by atoms with E-state index in [4.69, 9.17) is 0 Å². The maximum atomic E-state index is 12.8. The van der Waals surface area contributed by atoms with Crippen molar-refractivity contribution in [1.29, 1.82) is 0 Å². The van der Waals surface area contributed by atoms with Crippen LogP contribution in [-0.4, -0.2) is 4.57 Å². The summed E-state index contributed by atoms with van der Waals surface area (Å²) in [5, 5.41) is 5.38. The molecule has 0 aliphatic rings. The number of rotatable bonds is 0. The molecule has 0 saturated heterocycles. The van der Waals surface area contributed by atoms with Gasteiger partial charge in [-0.05, 0) is 22.9 Å². The molecular formula is C15H7NO2S4. The molecule has 0 aromatic carbocycles. The van der Waals surface area contributed by atoms with Gasteiger partial charge in [-0.3, -0.25) is 14.2 Å². The molecule has 7 heteroatoms. The van der Waals surface area contributed by atoms with Crippen LogP contribution in [0, 0.1) is 0 Å². The number of aromatic nitrogens is 1. The van der Waals surface area contributed by atoms with Crippen molar-refractivity contribution in [3.63, 3.8) is 0 Å². The summed E-state index contributed by atoms with van der Waals surface area (Å²) < 4.78 is 7.40. The van der Waals surface area contributed by atoms with Gasteiger partial charge in [0, 0.05) is 16.4 Å². The Hall–Kier alpha value is -1.54. The minimum Gasteiger partial charge on any atom is -0.277 e. The standard InChI is InChI=1S/C15H7NO2S4/c1-16-14(17)8-10-6(2-4-19-10)21-12(8)13-9(15(16)18)11-7(22-13)3-5-20-11/h2-5H,1H3. The molecule has 5 rings (SSSR count). The van der Waals surface area contributed by atoms with E-state index in [2.05, 4.69) is 0 Å². The van der Waals surface area contributed by atoms with Gasteiger partial charge in [0.05, 0.1) is 29.6 Å². The van der Waals surface area contributed by atoms with E-state index >= 15 is 0 Å². The van der Waals surface area contributed by atoms with Gasteiger partial charge in [-0.25, -0.2) is 0 Å². The van der Waals surface area contributed by atoms with Gasteiger partial charge < -0.3 is 0 Å². The molecule has 5 heterocycles. The summed E-state index contributed by atoms with van der Waals surface area (Å²) in [6.45, 7) is 0. The predicted octanol–water partition coefficient (Wildman–Crippen LogP) is 4.60. The highest BCUT2D eigenvalue weighted by Gasteiger charge is 2.19. The zero-order chi connectivity index (χ0) is 15.0. The Bertz CT molecular complexity index is 1230. The summed E-state index contributed by atoms with van der Waals surface area (Å²) in [7, 11) is 1.58. The summed E-state index contributed by atoms with van der Waals surface area (Å²) in [5.41, 5.74) is -0.386. The molecule has 3 nitrogen and oxygen atoms in total. The monoisotopic (exact) mass is 361 g/mol. The second-order valence-electron chi connectivity index (χ2n) is 5.01. The molecule has 5 aromatic rings. The molecule has 0 aliphatic heterocycles. The fourth-order valence-electron chi connectivity index (χ4n) is 2.78. The highest BCUT2D eigenvalue weighted by Crippen LogP contribution is 2.43. The van der Waals surface area contributed by atoms with Crippen molar-refractivity contribution < 1.29 is 0 Å². The molecule has 0 N–H and O–H groups in total. The maximum absolute atomic E-state index is 12.8.